The number of hydrogen-bond acceptors (Lipinski definition) is 6. The SMILES string of the molecule is CC[C@H](NC(=O)OC(C)(C)C)C(=O)N1CCC[C@H]1c1nc2ccc(-c3ccc(-c4ccc5nc([C@@H]6CCCN6)[nH]c5c4)cc3)cc2[nH]1. The van der Waals surface area contributed by atoms with Gasteiger partial charge in [0.15, 0.2) is 0 Å². The maximum Gasteiger partial charge on any atom is 0.408 e. The van der Waals surface area contributed by atoms with Crippen LogP contribution in [0.3, 0.4) is 0 Å². The Kier molecular flexibility index (Phi) is 8.21. The molecule has 47 heavy (non-hydrogen) atoms. The van der Waals surface area contributed by atoms with E-state index in [4.69, 9.17) is 14.7 Å². The number of alkyl carbamates (subject to hydrolysis) is 1. The summed E-state index contributed by atoms with van der Waals surface area (Å²) < 4.78 is 5.40. The van der Waals surface area contributed by atoms with Gasteiger partial charge in [-0.05, 0) is 106 Å². The van der Waals surface area contributed by atoms with Gasteiger partial charge >= 0.3 is 6.09 Å². The lowest BCUT2D eigenvalue weighted by atomic mass is 10.00. The van der Waals surface area contributed by atoms with E-state index < -0.39 is 17.7 Å². The molecule has 4 heterocycles. The number of amides is 2. The van der Waals surface area contributed by atoms with Crippen LogP contribution in [-0.2, 0) is 9.53 Å². The van der Waals surface area contributed by atoms with E-state index in [2.05, 4.69) is 75.2 Å². The van der Waals surface area contributed by atoms with Gasteiger partial charge in [-0.3, -0.25) is 4.79 Å². The van der Waals surface area contributed by atoms with Crippen molar-refractivity contribution >= 4 is 34.1 Å². The Morgan fingerprint density at radius 2 is 1.47 bits per heavy atom. The number of fused-ring (bicyclic) bond motifs is 2. The highest BCUT2D eigenvalue weighted by molar-refractivity contribution is 5.87. The first-order valence-corrected chi connectivity index (χ1v) is 16.8. The second-order valence-electron chi connectivity index (χ2n) is 13.7. The molecule has 2 amide bonds. The Balaban J connectivity index is 1.07. The van der Waals surface area contributed by atoms with Crippen molar-refractivity contribution in [2.45, 2.75) is 83.5 Å². The highest BCUT2D eigenvalue weighted by Gasteiger charge is 2.36. The molecule has 0 bridgehead atoms. The van der Waals surface area contributed by atoms with Gasteiger partial charge in [0.2, 0.25) is 5.91 Å². The van der Waals surface area contributed by atoms with Gasteiger partial charge in [0.25, 0.3) is 0 Å². The lowest BCUT2D eigenvalue weighted by Gasteiger charge is -2.28. The minimum absolute atomic E-state index is 0.111. The van der Waals surface area contributed by atoms with Crippen LogP contribution in [-0.4, -0.2) is 61.6 Å². The minimum atomic E-state index is -0.655. The number of ether oxygens (including phenoxy) is 1. The van der Waals surface area contributed by atoms with Crippen LogP contribution in [0.2, 0.25) is 0 Å². The lowest BCUT2D eigenvalue weighted by Crippen LogP contribution is -2.49. The molecular formula is C37H43N7O3. The molecule has 7 rings (SSSR count). The summed E-state index contributed by atoms with van der Waals surface area (Å²) in [6, 6.07) is 20.8. The first-order chi connectivity index (χ1) is 22.6. The lowest BCUT2D eigenvalue weighted by molar-refractivity contribution is -0.134. The Bertz CT molecular complexity index is 1910. The number of nitrogens with one attached hydrogen (secondary N) is 4. The van der Waals surface area contributed by atoms with Crippen LogP contribution in [0, 0.1) is 0 Å². The minimum Gasteiger partial charge on any atom is -0.444 e. The van der Waals surface area contributed by atoms with Gasteiger partial charge in [0, 0.05) is 6.54 Å². The number of carbonyl (C=O) groups excluding carboxylic acids is 2. The Hall–Kier alpha value is -4.70. The molecule has 2 fully saturated rings. The highest BCUT2D eigenvalue weighted by Crippen LogP contribution is 2.34. The zero-order valence-electron chi connectivity index (χ0n) is 27.5. The van der Waals surface area contributed by atoms with Gasteiger partial charge in [0.1, 0.15) is 23.3 Å². The number of carbonyl (C=O) groups is 2. The van der Waals surface area contributed by atoms with E-state index in [0.29, 0.717) is 19.0 Å². The first-order valence-electron chi connectivity index (χ1n) is 16.8. The van der Waals surface area contributed by atoms with E-state index in [1.54, 1.807) is 20.8 Å². The van der Waals surface area contributed by atoms with Gasteiger partial charge in [-0.2, -0.15) is 0 Å². The van der Waals surface area contributed by atoms with Crippen molar-refractivity contribution in [3.05, 3.63) is 72.3 Å². The molecule has 2 aliphatic rings. The third-order valence-electron chi connectivity index (χ3n) is 9.19. The monoisotopic (exact) mass is 633 g/mol. The van der Waals surface area contributed by atoms with Crippen LogP contribution in [0.5, 0.6) is 0 Å². The topological polar surface area (TPSA) is 128 Å². The van der Waals surface area contributed by atoms with Gasteiger partial charge < -0.3 is 30.2 Å². The summed E-state index contributed by atoms with van der Waals surface area (Å²) in [6.45, 7) is 8.98. The molecule has 0 saturated carbocycles. The standard InChI is InChI=1S/C37H43N7O3/c1-5-26(43-36(46)47-37(2,3)4)35(45)44-19-7-9-32(44)34-40-28-17-15-25(21-31(28)42-34)23-12-10-22(11-13-23)24-14-16-27-30(20-24)41-33(39-27)29-8-6-18-38-29/h10-17,20-21,26,29,32,38H,5-9,18-19H2,1-4H3,(H,39,41)(H,40,42)(H,43,46)/t26-,29-,32-/m0/s1. The number of aromatic nitrogens is 4. The number of aromatic amines is 2. The van der Waals surface area contributed by atoms with Crippen LogP contribution in [0.1, 0.15) is 83.5 Å². The van der Waals surface area contributed by atoms with Gasteiger partial charge in [0.05, 0.1) is 34.2 Å². The van der Waals surface area contributed by atoms with Crippen molar-refractivity contribution < 1.29 is 14.3 Å². The Morgan fingerprint density at radius 3 is 2.04 bits per heavy atom. The van der Waals surface area contributed by atoms with Crippen molar-refractivity contribution in [3.63, 3.8) is 0 Å². The highest BCUT2D eigenvalue weighted by atomic mass is 16.6. The number of H-pyrrole nitrogens is 2. The predicted molar refractivity (Wildman–Crippen MR) is 184 cm³/mol. The largest absolute Gasteiger partial charge is 0.444 e. The summed E-state index contributed by atoms with van der Waals surface area (Å²) in [7, 11) is 0. The Labute approximate surface area is 274 Å². The van der Waals surface area contributed by atoms with E-state index in [1.807, 2.05) is 17.9 Å². The Morgan fingerprint density at radius 1 is 0.872 bits per heavy atom. The molecule has 3 atom stereocenters. The third kappa shape index (κ3) is 6.47. The molecule has 0 unspecified atom stereocenters. The van der Waals surface area contributed by atoms with Crippen molar-refractivity contribution in [3.8, 4) is 22.3 Å². The van der Waals surface area contributed by atoms with Crippen LogP contribution < -0.4 is 10.6 Å². The fourth-order valence-corrected chi connectivity index (χ4v) is 6.82. The van der Waals surface area contributed by atoms with Crippen LogP contribution in [0.25, 0.3) is 44.3 Å². The van der Waals surface area contributed by atoms with Crippen molar-refractivity contribution in [2.75, 3.05) is 13.1 Å². The molecule has 10 nitrogen and oxygen atoms in total. The molecule has 244 valence electrons. The van der Waals surface area contributed by atoms with Crippen LogP contribution in [0.4, 0.5) is 4.79 Å². The van der Waals surface area contributed by atoms with E-state index in [0.717, 1.165) is 81.8 Å². The molecule has 4 N–H and O–H groups in total. The smallest absolute Gasteiger partial charge is 0.408 e. The average Bonchev–Trinajstić information content (AvgIpc) is 3.87. The van der Waals surface area contributed by atoms with Crippen molar-refractivity contribution in [2.24, 2.45) is 0 Å². The summed E-state index contributed by atoms with van der Waals surface area (Å²) in [6.07, 6.45) is 3.88. The number of imidazole rings is 2. The number of nitrogens with zero attached hydrogens (tertiary/aromatic N) is 3. The number of rotatable bonds is 7. The summed E-state index contributed by atoms with van der Waals surface area (Å²) in [4.78, 5) is 44.6. The molecule has 5 aromatic rings. The predicted octanol–water partition coefficient (Wildman–Crippen LogP) is 7.16. The summed E-state index contributed by atoms with van der Waals surface area (Å²) in [5.41, 5.74) is 7.70. The first kappa shape index (κ1) is 30.9. The number of benzene rings is 3. The second-order valence-corrected chi connectivity index (χ2v) is 13.7. The van der Waals surface area contributed by atoms with Gasteiger partial charge in [-0.25, -0.2) is 14.8 Å². The zero-order chi connectivity index (χ0) is 32.7. The average molecular weight is 634 g/mol. The van der Waals surface area contributed by atoms with Gasteiger partial charge in [-0.15, -0.1) is 0 Å². The maximum atomic E-state index is 13.6. The van der Waals surface area contributed by atoms with E-state index in [9.17, 15) is 9.59 Å². The number of hydrogen-bond donors (Lipinski definition) is 4. The fraction of sp³-hybridized carbons (Fsp3) is 0.405. The zero-order valence-corrected chi connectivity index (χ0v) is 27.5. The molecular weight excluding hydrogens is 590 g/mol. The van der Waals surface area contributed by atoms with E-state index in [1.165, 1.54) is 6.42 Å². The molecule has 2 saturated heterocycles. The normalized spacial score (nSPS) is 19.0. The van der Waals surface area contributed by atoms with Crippen molar-refractivity contribution in [1.29, 1.82) is 0 Å². The molecule has 10 heteroatoms. The molecule has 0 radical (unpaired) electrons. The van der Waals surface area contributed by atoms with E-state index in [-0.39, 0.29) is 11.9 Å². The molecule has 2 aromatic heterocycles. The summed E-state index contributed by atoms with van der Waals surface area (Å²) >= 11 is 0. The quantitative estimate of drug-likeness (QED) is 0.151. The van der Waals surface area contributed by atoms with Crippen molar-refractivity contribution in [1.82, 2.24) is 35.5 Å². The summed E-state index contributed by atoms with van der Waals surface area (Å²) in [5.74, 6) is 1.68. The molecule has 3 aromatic carbocycles. The van der Waals surface area contributed by atoms with Crippen LogP contribution >= 0.6 is 0 Å². The van der Waals surface area contributed by atoms with Gasteiger partial charge in [-0.1, -0.05) is 43.3 Å². The van der Waals surface area contributed by atoms with Crippen LogP contribution in [0.15, 0.2) is 60.7 Å². The second kappa shape index (κ2) is 12.5. The molecule has 0 aliphatic carbocycles. The molecule has 2 aliphatic heterocycles. The van der Waals surface area contributed by atoms with E-state index >= 15 is 0 Å². The molecule has 0 spiro atoms. The third-order valence-corrected chi connectivity index (χ3v) is 9.19. The fourth-order valence-electron chi connectivity index (χ4n) is 6.82. The number of likely N-dealkylation sites (tertiary alicyclic amines) is 1. The summed E-state index contributed by atoms with van der Waals surface area (Å²) in [5, 5.41) is 6.29. The maximum absolute atomic E-state index is 13.6.